The lowest BCUT2D eigenvalue weighted by Crippen LogP contribution is -2.06. The van der Waals surface area contributed by atoms with E-state index in [2.05, 4.69) is 5.43 Å². The van der Waals surface area contributed by atoms with Crippen molar-refractivity contribution in [2.24, 2.45) is 5.84 Å². The molecule has 0 unspecified atom stereocenters. The predicted octanol–water partition coefficient (Wildman–Crippen LogP) is 2.70. The minimum Gasteiger partial charge on any atom is -0.494 e. The molecular weight excluding hydrogens is 247 g/mol. The van der Waals surface area contributed by atoms with E-state index in [9.17, 15) is 4.39 Å². The maximum Gasteiger partial charge on any atom is 0.165 e. The van der Waals surface area contributed by atoms with Crippen LogP contribution in [0.5, 0.6) is 11.5 Å². The molecule has 0 spiro atoms. The third-order valence-corrected chi connectivity index (χ3v) is 2.62. The van der Waals surface area contributed by atoms with Crippen LogP contribution in [0.4, 0.5) is 10.1 Å². The average Bonchev–Trinajstić information content (AvgIpc) is 2.45. The molecule has 0 aliphatic carbocycles. The van der Waals surface area contributed by atoms with Crippen LogP contribution in [-0.2, 0) is 6.61 Å². The Balaban J connectivity index is 2.03. The Morgan fingerprint density at radius 2 is 2.05 bits per heavy atom. The number of anilines is 1. The minimum absolute atomic E-state index is 0.220. The van der Waals surface area contributed by atoms with Gasteiger partial charge in [-0.05, 0) is 29.8 Å². The van der Waals surface area contributed by atoms with Gasteiger partial charge in [0.1, 0.15) is 12.4 Å². The monoisotopic (exact) mass is 262 g/mol. The fourth-order valence-electron chi connectivity index (χ4n) is 1.64. The van der Waals surface area contributed by atoms with Crippen LogP contribution in [0.3, 0.4) is 0 Å². The Bertz CT molecular complexity index is 561. The molecular formula is C14H15FN2O2. The summed E-state index contributed by atoms with van der Waals surface area (Å²) in [5.74, 6) is 5.79. The predicted molar refractivity (Wildman–Crippen MR) is 71.5 cm³/mol. The molecule has 0 saturated heterocycles. The third kappa shape index (κ3) is 3.35. The lowest BCUT2D eigenvalue weighted by Gasteiger charge is -2.09. The highest BCUT2D eigenvalue weighted by Crippen LogP contribution is 2.20. The lowest BCUT2D eigenvalue weighted by molar-refractivity contribution is 0.305. The van der Waals surface area contributed by atoms with Crippen molar-refractivity contribution in [1.29, 1.82) is 0 Å². The molecule has 5 heteroatoms. The molecule has 100 valence electrons. The number of benzene rings is 2. The molecule has 19 heavy (non-hydrogen) atoms. The number of halogens is 1. The molecule has 0 aromatic heterocycles. The summed E-state index contributed by atoms with van der Waals surface area (Å²) in [4.78, 5) is 0. The van der Waals surface area contributed by atoms with Gasteiger partial charge in [0.25, 0.3) is 0 Å². The molecule has 0 aliphatic heterocycles. The van der Waals surface area contributed by atoms with Gasteiger partial charge in [-0.3, -0.25) is 5.84 Å². The average molecular weight is 262 g/mol. The fraction of sp³-hybridized carbons (Fsp3) is 0.143. The summed E-state index contributed by atoms with van der Waals surface area (Å²) in [5.41, 5.74) is 4.01. The fourth-order valence-corrected chi connectivity index (χ4v) is 1.64. The molecule has 0 aliphatic rings. The van der Waals surface area contributed by atoms with Crippen LogP contribution in [0, 0.1) is 5.82 Å². The highest BCUT2D eigenvalue weighted by Gasteiger charge is 2.04. The van der Waals surface area contributed by atoms with Gasteiger partial charge in [0, 0.05) is 6.07 Å². The summed E-state index contributed by atoms with van der Waals surface area (Å²) in [6, 6.07) is 11.9. The van der Waals surface area contributed by atoms with Crippen molar-refractivity contribution in [1.82, 2.24) is 0 Å². The SMILES string of the molecule is COc1ccc(COc2cccc(NN)c2)cc1F. The highest BCUT2D eigenvalue weighted by molar-refractivity contribution is 5.47. The van der Waals surface area contributed by atoms with E-state index < -0.39 is 5.82 Å². The first-order valence-electron chi connectivity index (χ1n) is 5.75. The molecule has 0 amide bonds. The van der Waals surface area contributed by atoms with Crippen LogP contribution in [0.2, 0.25) is 0 Å². The van der Waals surface area contributed by atoms with Crippen molar-refractivity contribution in [3.63, 3.8) is 0 Å². The molecule has 0 atom stereocenters. The normalized spacial score (nSPS) is 10.1. The molecule has 2 aromatic rings. The zero-order valence-electron chi connectivity index (χ0n) is 10.5. The van der Waals surface area contributed by atoms with Gasteiger partial charge in [0.05, 0.1) is 12.8 Å². The first-order chi connectivity index (χ1) is 9.22. The van der Waals surface area contributed by atoms with Gasteiger partial charge in [0.2, 0.25) is 0 Å². The molecule has 2 aromatic carbocycles. The van der Waals surface area contributed by atoms with Crippen LogP contribution < -0.4 is 20.7 Å². The van der Waals surface area contributed by atoms with Gasteiger partial charge in [0.15, 0.2) is 11.6 Å². The molecule has 0 heterocycles. The maximum atomic E-state index is 13.5. The second-order valence-electron chi connectivity index (χ2n) is 3.93. The van der Waals surface area contributed by atoms with Crippen LogP contribution in [0.15, 0.2) is 42.5 Å². The van der Waals surface area contributed by atoms with Gasteiger partial charge >= 0.3 is 0 Å². The standard InChI is InChI=1S/C14H15FN2O2/c1-18-14-6-5-10(7-13(14)15)9-19-12-4-2-3-11(8-12)17-16/h2-8,17H,9,16H2,1H3. The van der Waals surface area contributed by atoms with Crippen LogP contribution in [0.25, 0.3) is 0 Å². The van der Waals surface area contributed by atoms with Crippen LogP contribution >= 0.6 is 0 Å². The van der Waals surface area contributed by atoms with E-state index in [1.54, 1.807) is 24.3 Å². The molecule has 2 rings (SSSR count). The molecule has 0 saturated carbocycles. The molecule has 0 fully saturated rings. The van der Waals surface area contributed by atoms with E-state index >= 15 is 0 Å². The number of hydrogen-bond donors (Lipinski definition) is 2. The Morgan fingerprint density at radius 1 is 1.21 bits per heavy atom. The Morgan fingerprint density at radius 3 is 2.74 bits per heavy atom. The second-order valence-corrected chi connectivity index (χ2v) is 3.93. The van der Waals surface area contributed by atoms with Gasteiger partial charge < -0.3 is 14.9 Å². The molecule has 3 N–H and O–H groups in total. The molecule has 0 radical (unpaired) electrons. The van der Waals surface area contributed by atoms with Gasteiger partial charge in [-0.1, -0.05) is 12.1 Å². The number of hydrazine groups is 1. The second kappa shape index (κ2) is 6.06. The molecule has 4 nitrogen and oxygen atoms in total. The number of hydrogen-bond acceptors (Lipinski definition) is 4. The Kier molecular flexibility index (Phi) is 4.20. The van der Waals surface area contributed by atoms with E-state index in [1.807, 2.05) is 12.1 Å². The van der Waals surface area contributed by atoms with Crippen molar-refractivity contribution in [2.45, 2.75) is 6.61 Å². The van der Waals surface area contributed by atoms with Crippen LogP contribution in [-0.4, -0.2) is 7.11 Å². The van der Waals surface area contributed by atoms with Crippen molar-refractivity contribution in [2.75, 3.05) is 12.5 Å². The number of nitrogens with one attached hydrogen (secondary N) is 1. The Hall–Kier alpha value is -2.27. The number of methoxy groups -OCH3 is 1. The maximum absolute atomic E-state index is 13.5. The van der Waals surface area contributed by atoms with Crippen LogP contribution in [0.1, 0.15) is 5.56 Å². The van der Waals surface area contributed by atoms with E-state index in [0.717, 1.165) is 11.3 Å². The van der Waals surface area contributed by atoms with E-state index in [1.165, 1.54) is 13.2 Å². The van der Waals surface area contributed by atoms with Crippen molar-refractivity contribution < 1.29 is 13.9 Å². The first-order valence-corrected chi connectivity index (χ1v) is 5.75. The Labute approximate surface area is 110 Å². The number of nitrogen functional groups attached to an aromatic ring is 1. The number of rotatable bonds is 5. The summed E-state index contributed by atoms with van der Waals surface area (Å²) in [6.45, 7) is 0.273. The summed E-state index contributed by atoms with van der Waals surface area (Å²) >= 11 is 0. The quantitative estimate of drug-likeness (QED) is 0.642. The van der Waals surface area contributed by atoms with E-state index in [4.69, 9.17) is 15.3 Å². The molecule has 0 bridgehead atoms. The van der Waals surface area contributed by atoms with Crippen molar-refractivity contribution in [3.8, 4) is 11.5 Å². The smallest absolute Gasteiger partial charge is 0.165 e. The highest BCUT2D eigenvalue weighted by atomic mass is 19.1. The summed E-state index contributed by atoms with van der Waals surface area (Å²) in [5, 5.41) is 0. The lowest BCUT2D eigenvalue weighted by atomic mass is 10.2. The van der Waals surface area contributed by atoms with Gasteiger partial charge in [-0.15, -0.1) is 0 Å². The van der Waals surface area contributed by atoms with Gasteiger partial charge in [-0.25, -0.2) is 4.39 Å². The number of nitrogens with two attached hydrogens (primary N) is 1. The summed E-state index contributed by atoms with van der Waals surface area (Å²) in [7, 11) is 1.43. The minimum atomic E-state index is -0.402. The summed E-state index contributed by atoms with van der Waals surface area (Å²) in [6.07, 6.45) is 0. The largest absolute Gasteiger partial charge is 0.494 e. The number of ether oxygens (including phenoxy) is 2. The van der Waals surface area contributed by atoms with Crippen molar-refractivity contribution >= 4 is 5.69 Å². The van der Waals surface area contributed by atoms with Crippen molar-refractivity contribution in [3.05, 3.63) is 53.8 Å². The first kappa shape index (κ1) is 13.2. The van der Waals surface area contributed by atoms with E-state index in [-0.39, 0.29) is 12.4 Å². The zero-order valence-corrected chi connectivity index (χ0v) is 10.5. The summed E-state index contributed by atoms with van der Waals surface area (Å²) < 4.78 is 23.9. The topological polar surface area (TPSA) is 56.5 Å². The zero-order chi connectivity index (χ0) is 13.7. The van der Waals surface area contributed by atoms with E-state index in [0.29, 0.717) is 5.75 Å². The van der Waals surface area contributed by atoms with Gasteiger partial charge in [-0.2, -0.15) is 0 Å². The third-order valence-electron chi connectivity index (χ3n) is 2.62.